The van der Waals surface area contributed by atoms with Crippen LogP contribution in [0, 0.1) is 0 Å². The molecule has 0 aliphatic carbocycles. The molecule has 0 unspecified atom stereocenters. The van der Waals surface area contributed by atoms with Gasteiger partial charge >= 0.3 is 0 Å². The van der Waals surface area contributed by atoms with Crippen LogP contribution < -0.4 is 16.2 Å². The molecule has 0 aliphatic heterocycles. The molecule has 0 spiro atoms. The molecule has 1 amide bonds. The van der Waals surface area contributed by atoms with Crippen LogP contribution in [0.1, 0.15) is 28.4 Å². The van der Waals surface area contributed by atoms with E-state index in [0.29, 0.717) is 33.1 Å². The van der Waals surface area contributed by atoms with Crippen molar-refractivity contribution in [1.82, 2.24) is 24.9 Å². The zero-order valence-corrected chi connectivity index (χ0v) is 18.6. The zero-order valence-electron chi connectivity index (χ0n) is 17.8. The van der Waals surface area contributed by atoms with E-state index in [1.807, 2.05) is 30.3 Å². The minimum atomic E-state index is -0.273. The number of nitrogens with zero attached hydrogens (tertiary/aromatic N) is 4. The lowest BCUT2D eigenvalue weighted by Gasteiger charge is -2.07. The quantitative estimate of drug-likeness (QED) is 0.401. The van der Waals surface area contributed by atoms with Gasteiger partial charge in [0, 0.05) is 30.2 Å². The summed E-state index contributed by atoms with van der Waals surface area (Å²) in [5, 5.41) is 11.6. The molecule has 2 N–H and O–H groups in total. The molecular formula is C24H20N6O2S. The molecule has 9 heteroatoms. The number of amides is 1. The second-order valence-electron chi connectivity index (χ2n) is 7.43. The van der Waals surface area contributed by atoms with E-state index in [9.17, 15) is 9.59 Å². The fourth-order valence-corrected chi connectivity index (χ4v) is 4.36. The minimum absolute atomic E-state index is 0.245. The van der Waals surface area contributed by atoms with Gasteiger partial charge in [0.2, 0.25) is 10.1 Å². The van der Waals surface area contributed by atoms with Gasteiger partial charge in [-0.15, -0.1) is 5.10 Å². The Kier molecular flexibility index (Phi) is 5.54. The van der Waals surface area contributed by atoms with Crippen molar-refractivity contribution >= 4 is 43.9 Å². The monoisotopic (exact) mass is 456 g/mol. The number of anilines is 2. The maximum absolute atomic E-state index is 13.0. The predicted molar refractivity (Wildman–Crippen MR) is 129 cm³/mol. The summed E-state index contributed by atoms with van der Waals surface area (Å²) in [6.45, 7) is 2.45. The number of aryl methyl sites for hydroxylation is 1. The van der Waals surface area contributed by atoms with E-state index in [2.05, 4.69) is 38.7 Å². The maximum Gasteiger partial charge on any atom is 0.283 e. The second-order valence-corrected chi connectivity index (χ2v) is 8.39. The zero-order chi connectivity index (χ0) is 22.8. The summed E-state index contributed by atoms with van der Waals surface area (Å²) in [4.78, 5) is 34.7. The van der Waals surface area contributed by atoms with Crippen LogP contribution in [0.4, 0.5) is 10.8 Å². The molecule has 3 heterocycles. The van der Waals surface area contributed by atoms with Crippen molar-refractivity contribution in [2.75, 3.05) is 5.32 Å². The lowest BCUT2D eigenvalue weighted by atomic mass is 10.1. The van der Waals surface area contributed by atoms with Crippen LogP contribution in [0.3, 0.4) is 0 Å². The van der Waals surface area contributed by atoms with Crippen LogP contribution in [0.15, 0.2) is 71.8 Å². The summed E-state index contributed by atoms with van der Waals surface area (Å²) >= 11 is 1.28. The van der Waals surface area contributed by atoms with E-state index in [-0.39, 0.29) is 11.5 Å². The number of carbonyl (C=O) groups excluding carboxylic acids is 1. The highest BCUT2D eigenvalue weighted by Crippen LogP contribution is 2.25. The predicted octanol–water partition coefficient (Wildman–Crippen LogP) is 3.94. The number of fused-ring (bicyclic) bond motifs is 2. The number of nitrogens with one attached hydrogen (secondary N) is 2. The third kappa shape index (κ3) is 4.18. The molecule has 8 nitrogen and oxygen atoms in total. The molecule has 5 aromatic rings. The molecule has 0 saturated carbocycles. The fourth-order valence-electron chi connectivity index (χ4n) is 3.55. The summed E-state index contributed by atoms with van der Waals surface area (Å²) in [5.74, 6) is -0.245. The van der Waals surface area contributed by atoms with E-state index in [4.69, 9.17) is 0 Å². The normalized spacial score (nSPS) is 11.1. The topological polar surface area (TPSA) is 101 Å². The Morgan fingerprint density at radius 3 is 2.82 bits per heavy atom. The molecule has 0 saturated heterocycles. The summed E-state index contributed by atoms with van der Waals surface area (Å²) in [6, 6.07) is 16.6. The van der Waals surface area contributed by atoms with Crippen molar-refractivity contribution in [2.24, 2.45) is 0 Å². The molecule has 2 aromatic carbocycles. The Labute approximate surface area is 193 Å². The average molecular weight is 457 g/mol. The molecule has 5 rings (SSSR count). The van der Waals surface area contributed by atoms with Crippen molar-refractivity contribution in [3.05, 3.63) is 94.0 Å². The summed E-state index contributed by atoms with van der Waals surface area (Å²) in [7, 11) is 0. The Morgan fingerprint density at radius 1 is 1.12 bits per heavy atom. The lowest BCUT2D eigenvalue weighted by Crippen LogP contribution is -2.23. The van der Waals surface area contributed by atoms with Crippen LogP contribution >= 0.6 is 11.3 Å². The van der Waals surface area contributed by atoms with Crippen LogP contribution in [0.5, 0.6) is 0 Å². The molecule has 0 radical (unpaired) electrons. The van der Waals surface area contributed by atoms with Gasteiger partial charge in [0.05, 0.1) is 10.9 Å². The second kappa shape index (κ2) is 8.79. The third-order valence-electron chi connectivity index (χ3n) is 5.27. The van der Waals surface area contributed by atoms with Crippen molar-refractivity contribution < 1.29 is 4.79 Å². The van der Waals surface area contributed by atoms with Gasteiger partial charge in [0.1, 0.15) is 0 Å². The van der Waals surface area contributed by atoms with Gasteiger partial charge in [-0.2, -0.15) is 4.52 Å². The van der Waals surface area contributed by atoms with Gasteiger partial charge in [-0.05, 0) is 47.9 Å². The minimum Gasteiger partial charge on any atom is -0.348 e. The van der Waals surface area contributed by atoms with E-state index >= 15 is 0 Å². The summed E-state index contributed by atoms with van der Waals surface area (Å²) in [5.41, 5.74) is 3.62. The highest BCUT2D eigenvalue weighted by atomic mass is 32.1. The molecule has 0 aliphatic rings. The van der Waals surface area contributed by atoms with E-state index in [1.54, 1.807) is 30.6 Å². The van der Waals surface area contributed by atoms with Crippen LogP contribution in [0.2, 0.25) is 0 Å². The number of benzene rings is 2. The number of rotatable bonds is 6. The lowest BCUT2D eigenvalue weighted by molar-refractivity contribution is 0.0951. The number of hydrogen-bond acceptors (Lipinski definition) is 7. The Morgan fingerprint density at radius 2 is 2.00 bits per heavy atom. The number of para-hydroxylation sites is 1. The van der Waals surface area contributed by atoms with Crippen molar-refractivity contribution in [1.29, 1.82) is 0 Å². The molecular weight excluding hydrogens is 436 g/mol. The Hall–Kier alpha value is -4.11. The smallest absolute Gasteiger partial charge is 0.283 e. The first kappa shape index (κ1) is 20.8. The van der Waals surface area contributed by atoms with Gasteiger partial charge in [-0.25, -0.2) is 4.98 Å². The SMILES string of the molecule is CCc1ccccc1Nc1nn2c(=O)c3ccc(C(=O)NCc4cccnc4)cc3nc2s1. The molecule has 3 aromatic heterocycles. The molecule has 0 fully saturated rings. The molecule has 164 valence electrons. The summed E-state index contributed by atoms with van der Waals surface area (Å²) < 4.78 is 1.30. The Bertz CT molecular complexity index is 1530. The van der Waals surface area contributed by atoms with Crippen LogP contribution in [0.25, 0.3) is 15.9 Å². The van der Waals surface area contributed by atoms with Crippen LogP contribution in [-0.4, -0.2) is 25.5 Å². The largest absolute Gasteiger partial charge is 0.348 e. The van der Waals surface area contributed by atoms with Gasteiger partial charge in [-0.3, -0.25) is 14.6 Å². The first-order valence-electron chi connectivity index (χ1n) is 10.5. The number of hydrogen-bond donors (Lipinski definition) is 2. The van der Waals surface area contributed by atoms with Gasteiger partial charge in [-0.1, -0.05) is 42.5 Å². The van der Waals surface area contributed by atoms with Crippen molar-refractivity contribution in [3.63, 3.8) is 0 Å². The highest BCUT2D eigenvalue weighted by Gasteiger charge is 2.14. The van der Waals surface area contributed by atoms with Gasteiger partial charge in [0.15, 0.2) is 0 Å². The Balaban J connectivity index is 1.45. The van der Waals surface area contributed by atoms with E-state index in [0.717, 1.165) is 23.2 Å². The molecule has 0 bridgehead atoms. The first-order chi connectivity index (χ1) is 16.1. The van der Waals surface area contributed by atoms with Crippen LogP contribution in [-0.2, 0) is 13.0 Å². The average Bonchev–Trinajstić information content (AvgIpc) is 3.26. The number of carbonyl (C=O) groups is 1. The first-order valence-corrected chi connectivity index (χ1v) is 11.3. The van der Waals surface area contributed by atoms with E-state index in [1.165, 1.54) is 15.9 Å². The van der Waals surface area contributed by atoms with Gasteiger partial charge in [0.25, 0.3) is 11.5 Å². The van der Waals surface area contributed by atoms with Gasteiger partial charge < -0.3 is 10.6 Å². The molecule has 0 atom stereocenters. The maximum atomic E-state index is 13.0. The number of aromatic nitrogens is 4. The summed E-state index contributed by atoms with van der Waals surface area (Å²) in [6.07, 6.45) is 4.26. The molecule has 33 heavy (non-hydrogen) atoms. The number of pyridine rings is 1. The fraction of sp³-hybridized carbons (Fsp3) is 0.125. The third-order valence-corrected chi connectivity index (χ3v) is 6.10. The standard InChI is InChI=1S/C24H20N6O2S/c1-2-16-7-3-4-8-19(16)27-23-29-30-22(32)18-10-9-17(12-20(18)28-24(30)33-23)21(31)26-14-15-6-5-11-25-13-15/h3-13H,2,14H2,1H3,(H,26,31)(H,27,29). The van der Waals surface area contributed by atoms with E-state index < -0.39 is 0 Å². The highest BCUT2D eigenvalue weighted by molar-refractivity contribution is 7.20. The van der Waals surface area contributed by atoms with Crippen molar-refractivity contribution in [2.45, 2.75) is 19.9 Å². The van der Waals surface area contributed by atoms with Crippen molar-refractivity contribution in [3.8, 4) is 0 Å².